The maximum absolute atomic E-state index is 2.93. The van der Waals surface area contributed by atoms with E-state index in [2.05, 4.69) is 92.9 Å². The highest BCUT2D eigenvalue weighted by Crippen LogP contribution is 2.65. The van der Waals surface area contributed by atoms with Gasteiger partial charge in [-0.15, -0.1) is 0 Å². The molecule has 0 amide bonds. The van der Waals surface area contributed by atoms with Crippen molar-refractivity contribution in [3.05, 3.63) is 34.9 Å². The fraction of sp³-hybridized carbons (Fsp3) is 0.846. The van der Waals surface area contributed by atoms with Gasteiger partial charge in [-0.05, 0) is 93.4 Å². The molecule has 0 nitrogen and oxygen atoms in total. The van der Waals surface area contributed by atoms with Gasteiger partial charge < -0.3 is 0 Å². The molecule has 8 atom stereocenters. The van der Waals surface area contributed by atoms with E-state index in [4.69, 9.17) is 0 Å². The Morgan fingerprint density at radius 3 is 1.95 bits per heavy atom. The van der Waals surface area contributed by atoms with Crippen molar-refractivity contribution in [3.63, 3.8) is 0 Å². The molecule has 1 aromatic carbocycles. The van der Waals surface area contributed by atoms with Gasteiger partial charge in [-0.1, -0.05) is 151 Å². The Labute approximate surface area is 258 Å². The maximum Gasteiger partial charge on any atom is 0.0448 e. The Bertz CT molecular complexity index is 1020. The molecule has 0 N–H and O–H groups in total. The van der Waals surface area contributed by atoms with Crippen molar-refractivity contribution >= 4 is 15.2 Å². The molecule has 5 rings (SSSR count). The van der Waals surface area contributed by atoms with Crippen LogP contribution in [0.2, 0.25) is 37.3 Å². The Hall–Kier alpha value is -0.346. The summed E-state index contributed by atoms with van der Waals surface area (Å²) < 4.78 is 0. The lowest BCUT2D eigenvalue weighted by Gasteiger charge is -2.52. The minimum Gasteiger partial charge on any atom is -0.0711 e. The van der Waals surface area contributed by atoms with Gasteiger partial charge >= 0.3 is 0 Å². The zero-order valence-electron chi connectivity index (χ0n) is 29.3. The Balaban J connectivity index is 1.47. The van der Waals surface area contributed by atoms with Crippen LogP contribution < -0.4 is 0 Å². The molecule has 0 heterocycles. The minimum absolute atomic E-state index is 0.207. The summed E-state index contributed by atoms with van der Waals surface area (Å²) in [5, 5.41) is 0. The molecule has 4 fully saturated rings. The standard InChI is InChI=1S/C39H68Si2/c1-12-13-15-27-18-19-32(22-27)40(8,9)41(10,11)36-21-20-34-35(36)25-28-16-14-17-33(28)37(34)29-23-30(38(2,3)4)26-31(24-29)39(5,6)7/h23-24,26-28,32-37H,12-22,25H2,1-11H3. The third kappa shape index (κ3) is 6.02. The molecule has 1 aromatic rings. The molecule has 2 heteroatoms. The zero-order valence-corrected chi connectivity index (χ0v) is 31.3. The largest absolute Gasteiger partial charge is 0.0711 e. The van der Waals surface area contributed by atoms with Crippen molar-refractivity contribution in [1.82, 2.24) is 0 Å². The molecule has 0 radical (unpaired) electrons. The van der Waals surface area contributed by atoms with E-state index in [-0.39, 0.29) is 10.8 Å². The minimum atomic E-state index is -1.35. The van der Waals surface area contributed by atoms with Crippen LogP contribution in [-0.4, -0.2) is 15.2 Å². The molecule has 8 unspecified atom stereocenters. The summed E-state index contributed by atoms with van der Waals surface area (Å²) in [5.74, 6) is 5.77. The van der Waals surface area contributed by atoms with Crippen molar-refractivity contribution in [3.8, 4) is 0 Å². The Morgan fingerprint density at radius 1 is 0.683 bits per heavy atom. The molecular formula is C39H68Si2. The van der Waals surface area contributed by atoms with Crippen LogP contribution in [0.1, 0.15) is 148 Å². The van der Waals surface area contributed by atoms with Crippen molar-refractivity contribution in [2.24, 2.45) is 29.6 Å². The maximum atomic E-state index is 2.93. The molecular weight excluding hydrogens is 525 g/mol. The topological polar surface area (TPSA) is 0 Å². The first-order valence-corrected chi connectivity index (χ1v) is 25.4. The summed E-state index contributed by atoms with van der Waals surface area (Å²) in [6.07, 6.45) is 18.3. The lowest BCUT2D eigenvalue weighted by atomic mass is 9.61. The van der Waals surface area contributed by atoms with Crippen LogP contribution in [0.3, 0.4) is 0 Å². The van der Waals surface area contributed by atoms with Gasteiger partial charge in [0.2, 0.25) is 0 Å². The van der Waals surface area contributed by atoms with Crippen molar-refractivity contribution in [2.75, 3.05) is 0 Å². The summed E-state index contributed by atoms with van der Waals surface area (Å²) in [7, 11) is -2.63. The second-order valence-corrected chi connectivity index (χ2v) is 35.1. The number of hydrogen-bond acceptors (Lipinski definition) is 0. The first-order valence-electron chi connectivity index (χ1n) is 18.2. The van der Waals surface area contributed by atoms with Gasteiger partial charge in [0.05, 0.1) is 0 Å². The van der Waals surface area contributed by atoms with Gasteiger partial charge in [0.1, 0.15) is 0 Å². The molecule has 232 valence electrons. The number of fused-ring (bicyclic) bond motifs is 2. The van der Waals surface area contributed by atoms with Crippen LogP contribution in [0, 0.1) is 29.6 Å². The molecule has 4 aliphatic carbocycles. The molecule has 0 aromatic heterocycles. The molecule has 4 saturated carbocycles. The normalized spacial score (nSPS) is 34.6. The van der Waals surface area contributed by atoms with Gasteiger partial charge in [0.15, 0.2) is 0 Å². The Kier molecular flexibility index (Phi) is 9.02. The van der Waals surface area contributed by atoms with Crippen LogP contribution in [0.4, 0.5) is 0 Å². The van der Waals surface area contributed by atoms with E-state index in [0.717, 1.165) is 46.6 Å². The zero-order chi connectivity index (χ0) is 30.0. The molecule has 0 spiro atoms. The van der Waals surface area contributed by atoms with Gasteiger partial charge in [-0.2, -0.15) is 0 Å². The number of hydrogen-bond donors (Lipinski definition) is 0. The SMILES string of the molecule is CCCCC1CCC([Si](C)(C)[Si](C)(C)C2CCC3C2CC2CCCC2C3c2cc(C(C)(C)C)cc(C(C)(C)C)c2)C1. The molecule has 0 bridgehead atoms. The predicted octanol–water partition coefficient (Wildman–Crippen LogP) is 12.4. The predicted molar refractivity (Wildman–Crippen MR) is 188 cm³/mol. The smallest absolute Gasteiger partial charge is 0.0448 e. The van der Waals surface area contributed by atoms with Crippen molar-refractivity contribution < 1.29 is 0 Å². The average Bonchev–Trinajstić information content (AvgIpc) is 3.64. The fourth-order valence-corrected chi connectivity index (χ4v) is 25.0. The summed E-state index contributed by atoms with van der Waals surface area (Å²) in [5.41, 5.74) is 7.51. The van der Waals surface area contributed by atoms with Crippen LogP contribution >= 0.6 is 0 Å². The van der Waals surface area contributed by atoms with Gasteiger partial charge in [-0.25, -0.2) is 0 Å². The highest BCUT2D eigenvalue weighted by Gasteiger charge is 2.59. The Morgan fingerprint density at radius 2 is 1.34 bits per heavy atom. The quantitative estimate of drug-likeness (QED) is 0.276. The van der Waals surface area contributed by atoms with Gasteiger partial charge in [0, 0.05) is 15.2 Å². The van der Waals surface area contributed by atoms with Crippen molar-refractivity contribution in [1.29, 1.82) is 0 Å². The first-order chi connectivity index (χ1) is 19.1. The number of unbranched alkanes of at least 4 members (excludes halogenated alkanes) is 1. The van der Waals surface area contributed by atoms with Crippen LogP contribution in [0.5, 0.6) is 0 Å². The van der Waals surface area contributed by atoms with Gasteiger partial charge in [-0.3, -0.25) is 0 Å². The summed E-state index contributed by atoms with van der Waals surface area (Å²) in [4.78, 5) is 0. The lowest BCUT2D eigenvalue weighted by molar-refractivity contribution is 0.121. The number of benzene rings is 1. The number of rotatable bonds is 7. The van der Waals surface area contributed by atoms with Crippen LogP contribution in [-0.2, 0) is 10.8 Å². The third-order valence-electron chi connectivity index (χ3n) is 14.3. The molecule has 41 heavy (non-hydrogen) atoms. The first kappa shape index (κ1) is 32.1. The van der Waals surface area contributed by atoms with Crippen LogP contribution in [0.25, 0.3) is 0 Å². The van der Waals surface area contributed by atoms with E-state index in [1.54, 1.807) is 48.8 Å². The van der Waals surface area contributed by atoms with Crippen molar-refractivity contribution in [2.45, 2.75) is 180 Å². The summed E-state index contributed by atoms with van der Waals surface area (Å²) >= 11 is 0. The second-order valence-electron chi connectivity index (χ2n) is 18.9. The van der Waals surface area contributed by atoms with E-state index in [9.17, 15) is 0 Å². The second kappa shape index (κ2) is 11.5. The van der Waals surface area contributed by atoms with E-state index in [1.807, 2.05) is 0 Å². The fourth-order valence-electron chi connectivity index (χ4n) is 11.0. The highest BCUT2D eigenvalue weighted by atomic mass is 29.3. The van der Waals surface area contributed by atoms with Crippen LogP contribution in [0.15, 0.2) is 18.2 Å². The highest BCUT2D eigenvalue weighted by molar-refractivity contribution is 7.41. The molecule has 0 aliphatic heterocycles. The monoisotopic (exact) mass is 592 g/mol. The van der Waals surface area contributed by atoms with Gasteiger partial charge in [0.25, 0.3) is 0 Å². The van der Waals surface area contributed by atoms with E-state index in [1.165, 1.54) is 44.9 Å². The van der Waals surface area contributed by atoms with E-state index >= 15 is 0 Å². The lowest BCUT2D eigenvalue weighted by Crippen LogP contribution is -2.61. The average molecular weight is 593 g/mol. The third-order valence-corrected chi connectivity index (χ3v) is 35.0. The summed E-state index contributed by atoms with van der Waals surface area (Å²) in [6, 6.07) is 7.98. The van der Waals surface area contributed by atoms with E-state index in [0.29, 0.717) is 0 Å². The summed E-state index contributed by atoms with van der Waals surface area (Å²) in [6.45, 7) is 28.6. The van der Waals surface area contributed by atoms with E-state index < -0.39 is 15.2 Å². The molecule has 4 aliphatic rings. The molecule has 0 saturated heterocycles.